The van der Waals surface area contributed by atoms with Gasteiger partial charge in [-0.15, -0.1) is 0 Å². The minimum absolute atomic E-state index is 0.547. The third-order valence-corrected chi connectivity index (χ3v) is 5.58. The van der Waals surface area contributed by atoms with Gasteiger partial charge in [0.2, 0.25) is 0 Å². The molecule has 0 aliphatic heterocycles. The summed E-state index contributed by atoms with van der Waals surface area (Å²) in [6, 6.07) is 11.3. The number of hydrogen-bond acceptors (Lipinski definition) is 2. The highest BCUT2D eigenvalue weighted by atomic mass is 79.9. The van der Waals surface area contributed by atoms with Gasteiger partial charge in [-0.1, -0.05) is 50.0 Å². The maximum absolute atomic E-state index is 5.75. The van der Waals surface area contributed by atoms with E-state index in [0.717, 1.165) is 22.5 Å². The molecule has 0 atom stereocenters. The molecule has 108 valence electrons. The Labute approximate surface area is 130 Å². The summed E-state index contributed by atoms with van der Waals surface area (Å²) in [4.78, 5) is 4.46. The number of rotatable bonds is 6. The zero-order chi connectivity index (χ0) is 14.6. The number of hydrogen-bond donors (Lipinski definition) is 0. The van der Waals surface area contributed by atoms with Crippen LogP contribution in [0.4, 0.5) is 0 Å². The van der Waals surface area contributed by atoms with Crippen molar-refractivity contribution in [2.45, 2.75) is 32.4 Å². The number of benzene rings is 1. The second-order valence-corrected chi connectivity index (χ2v) is 12.4. The van der Waals surface area contributed by atoms with E-state index in [9.17, 15) is 0 Å². The summed E-state index contributed by atoms with van der Waals surface area (Å²) < 4.78 is 8.72. The highest BCUT2D eigenvalue weighted by Crippen LogP contribution is 2.26. The molecule has 20 heavy (non-hydrogen) atoms. The van der Waals surface area contributed by atoms with Crippen molar-refractivity contribution in [2.24, 2.45) is 0 Å². The van der Waals surface area contributed by atoms with Crippen molar-refractivity contribution in [1.29, 1.82) is 0 Å². The molecule has 0 bridgehead atoms. The molecular weight excluding hydrogens is 332 g/mol. The molecule has 0 radical (unpaired) electrons. The summed E-state index contributed by atoms with van der Waals surface area (Å²) in [5, 5.41) is 0. The van der Waals surface area contributed by atoms with Gasteiger partial charge in [0.15, 0.2) is 0 Å². The summed E-state index contributed by atoms with van der Waals surface area (Å²) in [6.07, 6.45) is 1.82. The van der Waals surface area contributed by atoms with Crippen LogP contribution in [0.1, 0.15) is 0 Å². The first-order valence-corrected chi connectivity index (χ1v) is 11.3. The number of imidazole rings is 1. The minimum Gasteiger partial charge on any atom is -0.361 e. The van der Waals surface area contributed by atoms with Gasteiger partial charge in [0.1, 0.15) is 17.0 Å². The molecule has 0 saturated carbocycles. The van der Waals surface area contributed by atoms with Gasteiger partial charge in [-0.2, -0.15) is 0 Å². The van der Waals surface area contributed by atoms with Crippen molar-refractivity contribution in [1.82, 2.24) is 9.55 Å². The fourth-order valence-corrected chi connectivity index (χ4v) is 3.07. The fraction of sp³-hybridized carbons (Fsp3) is 0.400. The van der Waals surface area contributed by atoms with Crippen molar-refractivity contribution in [3.05, 3.63) is 41.3 Å². The molecule has 2 rings (SSSR count). The average Bonchev–Trinajstić information content (AvgIpc) is 2.76. The third-order valence-electron chi connectivity index (χ3n) is 3.05. The van der Waals surface area contributed by atoms with Crippen LogP contribution in [0.3, 0.4) is 0 Å². The lowest BCUT2D eigenvalue weighted by atomic mass is 10.2. The molecule has 0 fully saturated rings. The standard InChI is InChI=1S/C15H21BrN2OSi/c1-20(2,3)10-9-19-12-18-11-17-14(15(18)16)13-7-5-4-6-8-13/h4-8,11H,9-10,12H2,1-3H3. The van der Waals surface area contributed by atoms with Crippen LogP contribution >= 0.6 is 15.9 Å². The Morgan fingerprint density at radius 1 is 1.20 bits per heavy atom. The van der Waals surface area contributed by atoms with Gasteiger partial charge in [0, 0.05) is 20.2 Å². The van der Waals surface area contributed by atoms with Crippen LogP contribution < -0.4 is 0 Å². The van der Waals surface area contributed by atoms with Gasteiger partial charge in [-0.05, 0) is 22.0 Å². The number of aromatic nitrogens is 2. The fourth-order valence-electron chi connectivity index (χ4n) is 1.79. The van der Waals surface area contributed by atoms with E-state index in [0.29, 0.717) is 6.73 Å². The van der Waals surface area contributed by atoms with Crippen molar-refractivity contribution in [2.75, 3.05) is 6.61 Å². The molecule has 2 aromatic rings. The number of nitrogens with zero attached hydrogens (tertiary/aromatic N) is 2. The number of halogens is 1. The SMILES string of the molecule is C[Si](C)(C)CCOCn1cnc(-c2ccccc2)c1Br. The maximum atomic E-state index is 5.75. The lowest BCUT2D eigenvalue weighted by molar-refractivity contribution is 0.0858. The summed E-state index contributed by atoms with van der Waals surface area (Å²) in [6.45, 7) is 8.44. The molecule has 1 aromatic carbocycles. The van der Waals surface area contributed by atoms with Crippen molar-refractivity contribution in [3.8, 4) is 11.3 Å². The van der Waals surface area contributed by atoms with Gasteiger partial charge >= 0.3 is 0 Å². The van der Waals surface area contributed by atoms with Crippen LogP contribution in [0, 0.1) is 0 Å². The lowest BCUT2D eigenvalue weighted by Crippen LogP contribution is -2.22. The highest BCUT2D eigenvalue weighted by molar-refractivity contribution is 9.10. The van der Waals surface area contributed by atoms with Crippen LogP contribution in [0.5, 0.6) is 0 Å². The molecule has 1 aromatic heterocycles. The first-order valence-electron chi connectivity index (χ1n) is 6.81. The molecule has 0 aliphatic carbocycles. The smallest absolute Gasteiger partial charge is 0.124 e. The molecule has 0 amide bonds. The van der Waals surface area contributed by atoms with Gasteiger partial charge in [0.25, 0.3) is 0 Å². The third kappa shape index (κ3) is 4.29. The van der Waals surface area contributed by atoms with Gasteiger partial charge in [-0.25, -0.2) is 4.98 Å². The lowest BCUT2D eigenvalue weighted by Gasteiger charge is -2.15. The maximum Gasteiger partial charge on any atom is 0.124 e. The summed E-state index contributed by atoms with van der Waals surface area (Å²) >= 11 is 3.61. The summed E-state index contributed by atoms with van der Waals surface area (Å²) in [7, 11) is -1.02. The monoisotopic (exact) mass is 352 g/mol. The highest BCUT2D eigenvalue weighted by Gasteiger charge is 2.13. The first-order chi connectivity index (χ1) is 9.47. The summed E-state index contributed by atoms with van der Waals surface area (Å²) in [5.41, 5.74) is 2.07. The molecule has 0 spiro atoms. The van der Waals surface area contributed by atoms with Crippen LogP contribution in [0.25, 0.3) is 11.3 Å². The Bertz CT molecular complexity index is 549. The Morgan fingerprint density at radius 2 is 1.90 bits per heavy atom. The van der Waals surface area contributed by atoms with E-state index in [1.54, 1.807) is 0 Å². The van der Waals surface area contributed by atoms with Crippen LogP contribution in [0.2, 0.25) is 25.7 Å². The molecular formula is C15H21BrN2OSi. The van der Waals surface area contributed by atoms with Crippen LogP contribution in [-0.2, 0) is 11.5 Å². The van der Waals surface area contributed by atoms with E-state index in [1.807, 2.05) is 29.1 Å². The zero-order valence-corrected chi connectivity index (χ0v) is 14.9. The quantitative estimate of drug-likeness (QED) is 0.559. The molecule has 0 N–H and O–H groups in total. The van der Waals surface area contributed by atoms with Crippen LogP contribution in [-0.4, -0.2) is 24.2 Å². The molecule has 0 unspecified atom stereocenters. The molecule has 3 nitrogen and oxygen atoms in total. The Morgan fingerprint density at radius 3 is 2.55 bits per heavy atom. The predicted octanol–water partition coefficient (Wildman–Crippen LogP) is 4.62. The first kappa shape index (κ1) is 15.5. The van der Waals surface area contributed by atoms with E-state index in [-0.39, 0.29) is 0 Å². The van der Waals surface area contributed by atoms with Crippen molar-refractivity contribution < 1.29 is 4.74 Å². The van der Waals surface area contributed by atoms with E-state index in [1.165, 1.54) is 6.04 Å². The largest absolute Gasteiger partial charge is 0.361 e. The Hall–Kier alpha value is -0.913. The van der Waals surface area contributed by atoms with Gasteiger partial charge < -0.3 is 9.30 Å². The normalized spacial score (nSPS) is 11.8. The Balaban J connectivity index is 1.96. The van der Waals surface area contributed by atoms with Crippen molar-refractivity contribution in [3.63, 3.8) is 0 Å². The van der Waals surface area contributed by atoms with E-state index in [2.05, 4.69) is 52.7 Å². The molecule has 0 saturated heterocycles. The second-order valence-electron chi connectivity index (χ2n) is 6.07. The minimum atomic E-state index is -1.02. The van der Waals surface area contributed by atoms with Crippen molar-refractivity contribution >= 4 is 24.0 Å². The average molecular weight is 353 g/mol. The van der Waals surface area contributed by atoms with E-state index in [4.69, 9.17) is 4.74 Å². The zero-order valence-electron chi connectivity index (χ0n) is 12.3. The molecule has 5 heteroatoms. The topological polar surface area (TPSA) is 27.1 Å². The number of ether oxygens (including phenoxy) is 1. The Kier molecular flexibility index (Phi) is 5.18. The van der Waals surface area contributed by atoms with Gasteiger partial charge in [0.05, 0.1) is 6.33 Å². The van der Waals surface area contributed by atoms with Gasteiger partial charge in [-0.3, -0.25) is 0 Å². The van der Waals surface area contributed by atoms with E-state index >= 15 is 0 Å². The van der Waals surface area contributed by atoms with Crippen LogP contribution in [0.15, 0.2) is 41.3 Å². The second kappa shape index (κ2) is 6.69. The molecule has 1 heterocycles. The van der Waals surface area contributed by atoms with E-state index < -0.39 is 8.07 Å². The predicted molar refractivity (Wildman–Crippen MR) is 89.5 cm³/mol. The summed E-state index contributed by atoms with van der Waals surface area (Å²) in [5.74, 6) is 0. The molecule has 0 aliphatic rings.